The minimum Gasteiger partial charge on any atom is -0.469 e. The Labute approximate surface area is 267 Å². The molecule has 11 nitrogen and oxygen atoms in total. The number of esters is 1. The Kier molecular flexibility index (Phi) is 10.6. The number of carbonyl (C=O) groups is 4. The maximum atomic E-state index is 14.1. The van der Waals surface area contributed by atoms with Crippen LogP contribution in [-0.4, -0.2) is 74.5 Å². The molecule has 4 rings (SSSR count). The molecular weight excluding hydrogens is 656 g/mol. The van der Waals surface area contributed by atoms with Gasteiger partial charge in [0.15, 0.2) is 5.78 Å². The molecule has 242 valence electrons. The molecule has 2 amide bonds. The summed E-state index contributed by atoms with van der Waals surface area (Å²) in [5, 5.41) is 2.68. The highest BCUT2D eigenvalue weighted by molar-refractivity contribution is 9.10. The first-order valence-corrected chi connectivity index (χ1v) is 17.1. The first kappa shape index (κ1) is 34.1. The number of amides is 2. The van der Waals surface area contributed by atoms with Crippen LogP contribution in [0.25, 0.3) is 0 Å². The molecule has 0 unspecified atom stereocenters. The summed E-state index contributed by atoms with van der Waals surface area (Å²) in [6, 6.07) is 3.86. The van der Waals surface area contributed by atoms with Gasteiger partial charge in [-0.15, -0.1) is 0 Å². The van der Waals surface area contributed by atoms with Gasteiger partial charge in [0, 0.05) is 23.9 Å². The number of benzene rings is 1. The first-order valence-electron chi connectivity index (χ1n) is 14.9. The molecule has 1 aliphatic carbocycles. The summed E-state index contributed by atoms with van der Waals surface area (Å²) in [4.78, 5) is 54.9. The number of ether oxygens (including phenoxy) is 2. The van der Waals surface area contributed by atoms with Gasteiger partial charge in [0.05, 0.1) is 29.6 Å². The third kappa shape index (κ3) is 8.28. The van der Waals surface area contributed by atoms with E-state index in [2.05, 4.69) is 21.2 Å². The van der Waals surface area contributed by atoms with E-state index in [1.165, 1.54) is 24.1 Å². The summed E-state index contributed by atoms with van der Waals surface area (Å²) in [5.74, 6) is -1.58. The average molecular weight is 698 g/mol. The zero-order valence-electron chi connectivity index (χ0n) is 25.5. The van der Waals surface area contributed by atoms with Crippen molar-refractivity contribution >= 4 is 49.8 Å². The maximum Gasteiger partial charge on any atom is 0.408 e. The van der Waals surface area contributed by atoms with Crippen LogP contribution in [0.1, 0.15) is 72.1 Å². The van der Waals surface area contributed by atoms with Crippen LogP contribution in [0.5, 0.6) is 0 Å². The van der Waals surface area contributed by atoms with Crippen LogP contribution in [0.4, 0.5) is 4.79 Å². The number of Topliss-reactive ketones (excluding diaryl/α,β-unsaturated/α-hetero) is 1. The van der Waals surface area contributed by atoms with Gasteiger partial charge in [-0.2, -0.15) is 8.42 Å². The molecule has 1 aromatic rings. The van der Waals surface area contributed by atoms with E-state index in [1.54, 1.807) is 32.9 Å². The Hall–Kier alpha value is -2.77. The molecule has 1 aromatic carbocycles. The number of ketones is 1. The second kappa shape index (κ2) is 13.7. The first-order chi connectivity index (χ1) is 20.6. The standard InChI is InChI=1S/C31H41BrN2O9S/c1-30(2,3)42-29(38)33-24-11-9-7-5-6-8-10-20-17-31(20,28(37)41-4)18-26(35)25-16-22(19-34(25)27(24)36)43-44(39,40)23-14-12-21(32)13-15-23/h8,10,12-15,20,22,24-25H,5-7,9,11,16-19H2,1-4H3,(H,33,38)/b10-8-/t20-,22+,24+,25+,31-/m1/s1. The van der Waals surface area contributed by atoms with Gasteiger partial charge in [-0.05, 0) is 76.6 Å². The molecule has 5 atom stereocenters. The predicted molar refractivity (Wildman–Crippen MR) is 164 cm³/mol. The molecule has 0 spiro atoms. The van der Waals surface area contributed by atoms with Gasteiger partial charge in [-0.25, -0.2) is 4.79 Å². The fourth-order valence-corrected chi connectivity index (χ4v) is 7.28. The lowest BCUT2D eigenvalue weighted by Crippen LogP contribution is -2.52. The lowest BCUT2D eigenvalue weighted by atomic mass is 9.92. The van der Waals surface area contributed by atoms with Crippen molar-refractivity contribution in [1.29, 1.82) is 0 Å². The Morgan fingerprint density at radius 1 is 1.09 bits per heavy atom. The van der Waals surface area contributed by atoms with Crippen LogP contribution in [-0.2, 0) is 38.2 Å². The molecule has 13 heteroatoms. The van der Waals surface area contributed by atoms with E-state index >= 15 is 0 Å². The van der Waals surface area contributed by atoms with E-state index in [-0.39, 0.29) is 30.2 Å². The normalized spacial score (nSPS) is 29.0. The summed E-state index contributed by atoms with van der Waals surface area (Å²) in [6.45, 7) is 4.95. The van der Waals surface area contributed by atoms with Crippen molar-refractivity contribution in [2.45, 2.75) is 101 Å². The van der Waals surface area contributed by atoms with Crippen molar-refractivity contribution in [3.8, 4) is 0 Å². The number of allylic oxidation sites excluding steroid dienone is 2. The molecule has 2 heterocycles. The number of alkyl carbamates (subject to hydrolysis) is 1. The van der Waals surface area contributed by atoms with Crippen molar-refractivity contribution in [3.63, 3.8) is 0 Å². The number of methoxy groups -OCH3 is 1. The SMILES string of the molecule is COC(=O)[C@]12CC(=O)[C@@H]3C[C@H](OS(=O)(=O)c4ccc(Br)cc4)CN3C(=O)[C@@H](NC(=O)OC(C)(C)C)CCCCC/C=C\[C@@H]1C2. The Morgan fingerprint density at radius 2 is 1.80 bits per heavy atom. The van der Waals surface area contributed by atoms with E-state index in [9.17, 15) is 27.6 Å². The second-order valence-electron chi connectivity index (χ2n) is 12.7. The Balaban J connectivity index is 1.64. The predicted octanol–water partition coefficient (Wildman–Crippen LogP) is 4.68. The number of halogens is 1. The van der Waals surface area contributed by atoms with Crippen molar-refractivity contribution < 1.29 is 41.3 Å². The average Bonchev–Trinajstić information content (AvgIpc) is 3.47. The minimum atomic E-state index is -4.22. The van der Waals surface area contributed by atoms with Crippen LogP contribution in [0, 0.1) is 11.3 Å². The summed E-state index contributed by atoms with van der Waals surface area (Å²) >= 11 is 3.28. The van der Waals surface area contributed by atoms with Crippen molar-refractivity contribution in [1.82, 2.24) is 10.2 Å². The van der Waals surface area contributed by atoms with Crippen LogP contribution >= 0.6 is 15.9 Å². The number of hydrogen-bond acceptors (Lipinski definition) is 9. The lowest BCUT2D eigenvalue weighted by molar-refractivity contribution is -0.150. The monoisotopic (exact) mass is 696 g/mol. The fourth-order valence-electron chi connectivity index (χ4n) is 5.94. The van der Waals surface area contributed by atoms with Gasteiger partial charge in [0.2, 0.25) is 5.91 Å². The quantitative estimate of drug-likeness (QED) is 0.264. The summed E-state index contributed by atoms with van der Waals surface area (Å²) in [5.41, 5.74) is -1.83. The number of hydrogen-bond donors (Lipinski definition) is 1. The second-order valence-corrected chi connectivity index (χ2v) is 15.2. The molecule has 2 aliphatic heterocycles. The molecule has 1 saturated heterocycles. The van der Waals surface area contributed by atoms with Gasteiger partial charge in [-0.1, -0.05) is 40.9 Å². The Bertz CT molecular complexity index is 1390. The number of nitrogens with zero attached hydrogens (tertiary/aromatic N) is 1. The summed E-state index contributed by atoms with van der Waals surface area (Å²) in [7, 11) is -2.94. The van der Waals surface area contributed by atoms with Gasteiger partial charge in [0.25, 0.3) is 10.1 Å². The van der Waals surface area contributed by atoms with Crippen molar-refractivity contribution in [2.75, 3.05) is 13.7 Å². The third-order valence-corrected chi connectivity index (χ3v) is 10.1. The zero-order valence-corrected chi connectivity index (χ0v) is 27.9. The molecule has 44 heavy (non-hydrogen) atoms. The fraction of sp³-hybridized carbons (Fsp3) is 0.613. The van der Waals surface area contributed by atoms with E-state index in [0.29, 0.717) is 23.7 Å². The highest BCUT2D eigenvalue weighted by Gasteiger charge is 2.61. The molecule has 3 aliphatic rings. The maximum absolute atomic E-state index is 14.1. The minimum absolute atomic E-state index is 0.0652. The number of fused-ring (bicyclic) bond motifs is 2. The smallest absolute Gasteiger partial charge is 0.408 e. The van der Waals surface area contributed by atoms with E-state index in [1.807, 2.05) is 12.2 Å². The zero-order chi connectivity index (χ0) is 32.3. The van der Waals surface area contributed by atoms with Crippen LogP contribution in [0.15, 0.2) is 45.8 Å². The highest BCUT2D eigenvalue weighted by atomic mass is 79.9. The van der Waals surface area contributed by atoms with E-state index < -0.39 is 63.1 Å². The molecule has 0 aromatic heterocycles. The summed E-state index contributed by atoms with van der Waals surface area (Å²) < 4.78 is 43.0. The highest BCUT2D eigenvalue weighted by Crippen LogP contribution is 2.57. The summed E-state index contributed by atoms with van der Waals surface area (Å²) in [6.07, 6.45) is 5.72. The van der Waals surface area contributed by atoms with Gasteiger partial charge in [0.1, 0.15) is 11.6 Å². The molecule has 0 bridgehead atoms. The largest absolute Gasteiger partial charge is 0.469 e. The van der Waals surface area contributed by atoms with Gasteiger partial charge >= 0.3 is 12.1 Å². The molecule has 1 N–H and O–H groups in total. The van der Waals surface area contributed by atoms with E-state index in [4.69, 9.17) is 13.7 Å². The van der Waals surface area contributed by atoms with Crippen molar-refractivity contribution in [2.24, 2.45) is 11.3 Å². The van der Waals surface area contributed by atoms with E-state index in [0.717, 1.165) is 19.3 Å². The van der Waals surface area contributed by atoms with Crippen LogP contribution < -0.4 is 5.32 Å². The molecule has 2 fully saturated rings. The van der Waals surface area contributed by atoms with Crippen LogP contribution in [0.3, 0.4) is 0 Å². The van der Waals surface area contributed by atoms with Crippen molar-refractivity contribution in [3.05, 3.63) is 40.9 Å². The number of rotatable bonds is 5. The molecule has 0 radical (unpaired) electrons. The van der Waals surface area contributed by atoms with Gasteiger partial charge < -0.3 is 19.7 Å². The third-order valence-electron chi connectivity index (χ3n) is 8.22. The number of carbonyl (C=O) groups excluding carboxylic acids is 4. The number of nitrogens with one attached hydrogen (secondary N) is 1. The Morgan fingerprint density at radius 3 is 2.45 bits per heavy atom. The van der Waals surface area contributed by atoms with Crippen LogP contribution in [0.2, 0.25) is 0 Å². The molecular formula is C31H41BrN2O9S. The van der Waals surface area contributed by atoms with Gasteiger partial charge in [-0.3, -0.25) is 18.6 Å². The lowest BCUT2D eigenvalue weighted by Gasteiger charge is -2.30. The molecule has 1 saturated carbocycles. The topological polar surface area (TPSA) is 145 Å².